The summed E-state index contributed by atoms with van der Waals surface area (Å²) in [7, 11) is 0. The van der Waals surface area contributed by atoms with Crippen LogP contribution >= 0.6 is 46.3 Å². The summed E-state index contributed by atoms with van der Waals surface area (Å²) in [6, 6.07) is 7.29. The van der Waals surface area contributed by atoms with Gasteiger partial charge in [-0.1, -0.05) is 48.8 Å². The Labute approximate surface area is 188 Å². The van der Waals surface area contributed by atoms with Gasteiger partial charge in [-0.3, -0.25) is 9.36 Å². The van der Waals surface area contributed by atoms with E-state index in [2.05, 4.69) is 59.2 Å². The van der Waals surface area contributed by atoms with Crippen LogP contribution in [0.2, 0.25) is 10.0 Å². The van der Waals surface area contributed by atoms with Crippen LogP contribution in [0, 0.1) is 0 Å². The third kappa shape index (κ3) is 5.34. The number of thiophene rings is 1. The number of benzene rings is 1. The monoisotopic (exact) mass is 468 g/mol. The van der Waals surface area contributed by atoms with E-state index in [1.54, 1.807) is 29.5 Å². The molecular weight excluding hydrogens is 447 g/mol. The summed E-state index contributed by atoms with van der Waals surface area (Å²) in [5.41, 5.74) is 1.55. The van der Waals surface area contributed by atoms with Gasteiger partial charge in [-0.05, 0) is 44.0 Å². The van der Waals surface area contributed by atoms with Crippen LogP contribution in [-0.4, -0.2) is 26.4 Å². The van der Waals surface area contributed by atoms with Gasteiger partial charge in [0.15, 0.2) is 11.0 Å². The van der Waals surface area contributed by atoms with Crippen molar-refractivity contribution >= 4 is 57.9 Å². The number of hydrogen-bond donors (Lipinski definition) is 1. The lowest BCUT2D eigenvalue weighted by atomic mass is 10.1. The Kier molecular flexibility index (Phi) is 7.27. The quantitative estimate of drug-likeness (QED) is 0.389. The molecule has 2 aromatic heterocycles. The van der Waals surface area contributed by atoms with Gasteiger partial charge in [-0.25, -0.2) is 0 Å². The van der Waals surface area contributed by atoms with Gasteiger partial charge in [0.05, 0.1) is 16.5 Å². The maximum Gasteiger partial charge on any atom is 0.234 e. The van der Waals surface area contributed by atoms with Crippen molar-refractivity contribution in [2.75, 3.05) is 11.1 Å². The summed E-state index contributed by atoms with van der Waals surface area (Å²) in [4.78, 5) is 13.7. The van der Waals surface area contributed by atoms with Gasteiger partial charge in [0.25, 0.3) is 0 Å². The highest BCUT2D eigenvalue weighted by Crippen LogP contribution is 2.33. The number of amides is 1. The number of halogens is 2. The van der Waals surface area contributed by atoms with Gasteiger partial charge in [-0.15, -0.1) is 21.5 Å². The number of aromatic nitrogens is 3. The van der Waals surface area contributed by atoms with Crippen LogP contribution in [0.4, 0.5) is 5.69 Å². The van der Waals surface area contributed by atoms with E-state index in [1.807, 2.05) is 0 Å². The van der Waals surface area contributed by atoms with Crippen LogP contribution in [0.1, 0.15) is 44.5 Å². The predicted octanol–water partition coefficient (Wildman–Crippen LogP) is 6.75. The van der Waals surface area contributed by atoms with Crippen LogP contribution in [0.15, 0.2) is 34.8 Å². The molecule has 29 heavy (non-hydrogen) atoms. The predicted molar refractivity (Wildman–Crippen MR) is 124 cm³/mol. The largest absolute Gasteiger partial charge is 0.324 e. The number of thioether (sulfide) groups is 1. The van der Waals surface area contributed by atoms with Crippen molar-refractivity contribution in [2.45, 2.75) is 44.8 Å². The maximum absolute atomic E-state index is 12.4. The van der Waals surface area contributed by atoms with Crippen molar-refractivity contribution in [3.8, 4) is 11.4 Å². The SMILES string of the molecule is CC(C)c1cc(-c2nnc(SCC(=O)Nc3cc(Cl)ccc3Cl)n2C(C)C)cs1. The van der Waals surface area contributed by atoms with E-state index < -0.39 is 0 Å². The zero-order valence-electron chi connectivity index (χ0n) is 16.6. The molecule has 5 nitrogen and oxygen atoms in total. The van der Waals surface area contributed by atoms with Crippen LogP contribution in [-0.2, 0) is 4.79 Å². The Morgan fingerprint density at radius 2 is 1.97 bits per heavy atom. The van der Waals surface area contributed by atoms with Crippen molar-refractivity contribution in [3.05, 3.63) is 44.6 Å². The molecule has 0 atom stereocenters. The number of carbonyl (C=O) groups is 1. The van der Waals surface area contributed by atoms with Gasteiger partial charge in [0, 0.05) is 26.9 Å². The summed E-state index contributed by atoms with van der Waals surface area (Å²) in [6.07, 6.45) is 0. The molecule has 154 valence electrons. The summed E-state index contributed by atoms with van der Waals surface area (Å²) in [6.45, 7) is 8.51. The Morgan fingerprint density at radius 1 is 1.21 bits per heavy atom. The minimum Gasteiger partial charge on any atom is -0.324 e. The molecule has 0 radical (unpaired) electrons. The van der Waals surface area contributed by atoms with E-state index in [-0.39, 0.29) is 17.7 Å². The van der Waals surface area contributed by atoms with Crippen molar-refractivity contribution in [2.24, 2.45) is 0 Å². The molecule has 0 aliphatic heterocycles. The molecule has 3 aromatic rings. The average molecular weight is 469 g/mol. The molecular formula is C20H22Cl2N4OS2. The number of carbonyl (C=O) groups excluding carboxylic acids is 1. The smallest absolute Gasteiger partial charge is 0.234 e. The minimum absolute atomic E-state index is 0.162. The fourth-order valence-corrected chi connectivity index (χ4v) is 4.83. The van der Waals surface area contributed by atoms with E-state index >= 15 is 0 Å². The Balaban J connectivity index is 1.74. The fourth-order valence-electron chi connectivity index (χ4n) is 2.72. The molecule has 1 amide bonds. The summed E-state index contributed by atoms with van der Waals surface area (Å²) < 4.78 is 2.07. The van der Waals surface area contributed by atoms with Gasteiger partial charge in [0.2, 0.25) is 5.91 Å². The first kappa shape index (κ1) is 22.2. The topological polar surface area (TPSA) is 59.8 Å². The van der Waals surface area contributed by atoms with Gasteiger partial charge < -0.3 is 5.32 Å². The second-order valence-corrected chi connectivity index (χ2v) is 9.85. The molecule has 3 rings (SSSR count). The summed E-state index contributed by atoms with van der Waals surface area (Å²) in [5.74, 6) is 1.30. The first-order valence-corrected chi connectivity index (χ1v) is 11.8. The highest BCUT2D eigenvalue weighted by molar-refractivity contribution is 7.99. The Bertz CT molecular complexity index is 1010. The zero-order valence-corrected chi connectivity index (χ0v) is 19.7. The molecule has 9 heteroatoms. The van der Waals surface area contributed by atoms with Gasteiger partial charge in [0.1, 0.15) is 0 Å². The van der Waals surface area contributed by atoms with E-state index in [4.69, 9.17) is 23.2 Å². The number of rotatable bonds is 7. The fraction of sp³-hybridized carbons (Fsp3) is 0.350. The zero-order chi connectivity index (χ0) is 21.1. The molecule has 0 fully saturated rings. The standard InChI is InChI=1S/C20H22Cl2N4OS2/c1-11(2)17-7-13(9-28-17)19-24-25-20(26(19)12(3)4)29-10-18(27)23-16-8-14(21)5-6-15(16)22/h5-9,11-12H,10H2,1-4H3,(H,23,27). The van der Waals surface area contributed by atoms with Crippen LogP contribution in [0.25, 0.3) is 11.4 Å². The second-order valence-electron chi connectivity index (χ2n) is 7.12. The summed E-state index contributed by atoms with van der Waals surface area (Å²) in [5, 5.41) is 15.3. The average Bonchev–Trinajstić information content (AvgIpc) is 3.29. The number of nitrogens with one attached hydrogen (secondary N) is 1. The molecule has 0 saturated carbocycles. The summed E-state index contributed by atoms with van der Waals surface area (Å²) >= 11 is 15.2. The molecule has 0 unspecified atom stereocenters. The highest BCUT2D eigenvalue weighted by Gasteiger charge is 2.19. The maximum atomic E-state index is 12.4. The molecule has 0 aliphatic rings. The lowest BCUT2D eigenvalue weighted by molar-refractivity contribution is -0.113. The number of nitrogens with zero attached hydrogens (tertiary/aromatic N) is 3. The molecule has 0 aliphatic carbocycles. The second kappa shape index (κ2) is 9.51. The lowest BCUT2D eigenvalue weighted by Gasteiger charge is -2.13. The minimum atomic E-state index is -0.184. The molecule has 1 N–H and O–H groups in total. The molecule has 1 aromatic carbocycles. The van der Waals surface area contributed by atoms with E-state index in [0.29, 0.717) is 26.8 Å². The lowest BCUT2D eigenvalue weighted by Crippen LogP contribution is -2.15. The normalized spacial score (nSPS) is 11.4. The molecule has 0 spiro atoms. The third-order valence-corrected chi connectivity index (χ3v) is 6.90. The molecule has 0 bridgehead atoms. The van der Waals surface area contributed by atoms with Crippen molar-refractivity contribution in [1.29, 1.82) is 0 Å². The first-order valence-electron chi connectivity index (χ1n) is 9.17. The molecule has 0 saturated heterocycles. The Hall–Kier alpha value is -1.54. The van der Waals surface area contributed by atoms with E-state index in [1.165, 1.54) is 16.6 Å². The van der Waals surface area contributed by atoms with Gasteiger partial charge in [-0.2, -0.15) is 0 Å². The van der Waals surface area contributed by atoms with Crippen LogP contribution in [0.3, 0.4) is 0 Å². The third-order valence-electron chi connectivity index (χ3n) is 4.16. The number of hydrogen-bond acceptors (Lipinski definition) is 5. The van der Waals surface area contributed by atoms with Crippen LogP contribution < -0.4 is 5.32 Å². The van der Waals surface area contributed by atoms with Crippen molar-refractivity contribution < 1.29 is 4.79 Å². The van der Waals surface area contributed by atoms with Crippen LogP contribution in [0.5, 0.6) is 0 Å². The van der Waals surface area contributed by atoms with Crippen molar-refractivity contribution in [3.63, 3.8) is 0 Å². The highest BCUT2D eigenvalue weighted by atomic mass is 35.5. The van der Waals surface area contributed by atoms with Gasteiger partial charge >= 0.3 is 0 Å². The van der Waals surface area contributed by atoms with E-state index in [0.717, 1.165) is 11.4 Å². The molecule has 2 heterocycles. The first-order chi connectivity index (χ1) is 13.8. The Morgan fingerprint density at radius 3 is 2.62 bits per heavy atom. The van der Waals surface area contributed by atoms with E-state index in [9.17, 15) is 4.79 Å². The van der Waals surface area contributed by atoms with Crippen molar-refractivity contribution in [1.82, 2.24) is 14.8 Å². The number of anilines is 1.